The summed E-state index contributed by atoms with van der Waals surface area (Å²) >= 11 is 0.839. The van der Waals surface area contributed by atoms with Gasteiger partial charge in [-0.2, -0.15) is 0 Å². The molecule has 0 saturated heterocycles. The number of H-pyrrole nitrogens is 2. The van der Waals surface area contributed by atoms with Crippen LogP contribution in [0.4, 0.5) is 0 Å². The van der Waals surface area contributed by atoms with Gasteiger partial charge < -0.3 is 35.9 Å². The molecule has 38 heavy (non-hydrogen) atoms. The van der Waals surface area contributed by atoms with E-state index in [1.807, 2.05) is 6.07 Å². The molecule has 7 N–H and O–H groups in total. The second-order valence-corrected chi connectivity index (χ2v) is 10.6. The van der Waals surface area contributed by atoms with Gasteiger partial charge >= 0.3 is 4.87 Å². The van der Waals surface area contributed by atoms with Crippen molar-refractivity contribution in [3.63, 3.8) is 0 Å². The maximum atomic E-state index is 11.7. The molecule has 0 amide bonds. The highest BCUT2D eigenvalue weighted by molar-refractivity contribution is 7.16. The van der Waals surface area contributed by atoms with E-state index in [0.717, 1.165) is 42.8 Å². The molecule has 0 aliphatic heterocycles. The van der Waals surface area contributed by atoms with Gasteiger partial charge in [0.2, 0.25) is 5.79 Å². The highest BCUT2D eigenvalue weighted by Crippen LogP contribution is 2.33. The molecule has 0 fully saturated rings. The number of fused-ring (bicyclic) bond motifs is 2. The Kier molecular flexibility index (Phi) is 7.64. The molecule has 8 nitrogen and oxygen atoms in total. The van der Waals surface area contributed by atoms with Gasteiger partial charge in [-0.15, -0.1) is 0 Å². The standard InChI is InChI=1S/C29H32N4O4S/c1-18-4-2-7-22-21(16-32-25(18)22)11-13-30-15-20-6-3-5-19(14-20)10-12-31-17-29(36,37)23-8-9-24(34)26-27(23)38-28(35)33-26/h2-9,14,16,30-32,34,36-37H,10-13,15,17H2,1H3,(H,33,35). The van der Waals surface area contributed by atoms with Gasteiger partial charge in [0.05, 0.1) is 11.2 Å². The van der Waals surface area contributed by atoms with Gasteiger partial charge in [-0.05, 0) is 67.2 Å². The summed E-state index contributed by atoms with van der Waals surface area (Å²) in [5, 5.41) is 39.2. The molecule has 0 aliphatic carbocycles. The fraction of sp³-hybridized carbons (Fsp3) is 0.276. The number of phenols is 1. The number of hydrogen-bond acceptors (Lipinski definition) is 7. The maximum absolute atomic E-state index is 11.7. The number of thiazole rings is 1. The highest BCUT2D eigenvalue weighted by atomic mass is 32.1. The fourth-order valence-electron chi connectivity index (χ4n) is 4.85. The molecular formula is C29H32N4O4S. The fourth-order valence-corrected chi connectivity index (χ4v) is 5.78. The summed E-state index contributed by atoms with van der Waals surface area (Å²) in [4.78, 5) is 17.3. The SMILES string of the molecule is Cc1cccc2c(CCNCc3cccc(CCNCC(O)(O)c4ccc(O)c5[nH]c(=O)sc45)c3)c[nH]c12. The molecule has 5 aromatic rings. The zero-order valence-corrected chi connectivity index (χ0v) is 22.0. The Morgan fingerprint density at radius 2 is 1.74 bits per heavy atom. The Labute approximate surface area is 224 Å². The molecule has 2 aromatic heterocycles. The van der Waals surface area contributed by atoms with Crippen molar-refractivity contribution in [1.29, 1.82) is 0 Å². The van der Waals surface area contributed by atoms with Crippen molar-refractivity contribution in [2.75, 3.05) is 19.6 Å². The monoisotopic (exact) mass is 532 g/mol. The number of aryl methyl sites for hydroxylation is 1. The lowest BCUT2D eigenvalue weighted by Gasteiger charge is -2.23. The minimum atomic E-state index is -2.19. The van der Waals surface area contributed by atoms with Crippen LogP contribution in [-0.2, 0) is 25.2 Å². The summed E-state index contributed by atoms with van der Waals surface area (Å²) in [6.07, 6.45) is 3.77. The Hall–Kier alpha value is -3.47. The number of nitrogens with one attached hydrogen (secondary N) is 4. The van der Waals surface area contributed by atoms with Gasteiger partial charge in [0.1, 0.15) is 11.3 Å². The third-order valence-corrected chi connectivity index (χ3v) is 7.77. The second-order valence-electron chi connectivity index (χ2n) is 9.65. The van der Waals surface area contributed by atoms with E-state index in [0.29, 0.717) is 11.2 Å². The van der Waals surface area contributed by atoms with Gasteiger partial charge in [-0.1, -0.05) is 53.8 Å². The highest BCUT2D eigenvalue weighted by Gasteiger charge is 2.29. The van der Waals surface area contributed by atoms with Crippen LogP contribution in [0.2, 0.25) is 0 Å². The second kappa shape index (κ2) is 11.1. The smallest absolute Gasteiger partial charge is 0.305 e. The molecule has 9 heteroatoms. The summed E-state index contributed by atoms with van der Waals surface area (Å²) in [7, 11) is 0. The van der Waals surface area contributed by atoms with Gasteiger partial charge in [-0.3, -0.25) is 4.79 Å². The average Bonchev–Trinajstić information content (AvgIpc) is 3.49. The molecule has 0 bridgehead atoms. The van der Waals surface area contributed by atoms with Gasteiger partial charge in [0.25, 0.3) is 0 Å². The van der Waals surface area contributed by atoms with E-state index >= 15 is 0 Å². The minimum Gasteiger partial charge on any atom is -0.506 e. The van der Waals surface area contributed by atoms with Crippen LogP contribution in [0.5, 0.6) is 5.75 Å². The maximum Gasteiger partial charge on any atom is 0.305 e. The average molecular weight is 533 g/mol. The van der Waals surface area contributed by atoms with Crippen molar-refractivity contribution in [2.24, 2.45) is 0 Å². The third kappa shape index (κ3) is 5.67. The number of phenolic OH excluding ortho intramolecular Hbond substituents is 1. The zero-order chi connectivity index (χ0) is 26.7. The van der Waals surface area contributed by atoms with Crippen LogP contribution in [0.25, 0.3) is 21.1 Å². The summed E-state index contributed by atoms with van der Waals surface area (Å²) in [5.41, 5.74) is 6.53. The Morgan fingerprint density at radius 1 is 0.947 bits per heavy atom. The molecular weight excluding hydrogens is 500 g/mol. The predicted molar refractivity (Wildman–Crippen MR) is 152 cm³/mol. The lowest BCUT2D eigenvalue weighted by Crippen LogP contribution is -2.38. The normalized spacial score (nSPS) is 12.1. The number of benzene rings is 3. The molecule has 198 valence electrons. The number of aromatic amines is 2. The Balaban J connectivity index is 1.10. The zero-order valence-electron chi connectivity index (χ0n) is 21.2. The summed E-state index contributed by atoms with van der Waals surface area (Å²) in [6, 6.07) is 17.5. The number of hydrogen-bond donors (Lipinski definition) is 7. The largest absolute Gasteiger partial charge is 0.506 e. The van der Waals surface area contributed by atoms with Crippen molar-refractivity contribution >= 4 is 32.5 Å². The summed E-state index contributed by atoms with van der Waals surface area (Å²) < 4.78 is 0.335. The summed E-state index contributed by atoms with van der Waals surface area (Å²) in [5.74, 6) is -2.29. The van der Waals surface area contributed by atoms with Crippen molar-refractivity contribution < 1.29 is 15.3 Å². The van der Waals surface area contributed by atoms with Crippen LogP contribution in [0.15, 0.2) is 65.6 Å². The molecule has 0 atom stereocenters. The lowest BCUT2D eigenvalue weighted by molar-refractivity contribution is -0.164. The first kappa shape index (κ1) is 26.1. The molecule has 5 rings (SSSR count). The first-order valence-electron chi connectivity index (χ1n) is 12.7. The van der Waals surface area contributed by atoms with Gasteiger partial charge in [-0.25, -0.2) is 0 Å². The quantitative estimate of drug-likeness (QED) is 0.103. The van der Waals surface area contributed by atoms with Crippen LogP contribution in [-0.4, -0.2) is 44.9 Å². The molecule has 3 aromatic carbocycles. The number of aromatic nitrogens is 2. The molecule has 0 saturated carbocycles. The molecule has 0 radical (unpaired) electrons. The van der Waals surface area contributed by atoms with E-state index in [9.17, 15) is 20.1 Å². The number of aliphatic hydroxyl groups is 2. The van der Waals surface area contributed by atoms with E-state index in [1.54, 1.807) is 0 Å². The van der Waals surface area contributed by atoms with Gasteiger partial charge in [0.15, 0.2) is 0 Å². The first-order chi connectivity index (χ1) is 18.3. The van der Waals surface area contributed by atoms with Crippen LogP contribution in [0, 0.1) is 6.92 Å². The molecule has 2 heterocycles. The van der Waals surface area contributed by atoms with E-state index < -0.39 is 5.79 Å². The number of para-hydroxylation sites is 1. The van der Waals surface area contributed by atoms with Crippen LogP contribution in [0.3, 0.4) is 0 Å². The third-order valence-electron chi connectivity index (χ3n) is 6.85. The van der Waals surface area contributed by atoms with Crippen LogP contribution < -0.4 is 15.5 Å². The van der Waals surface area contributed by atoms with Gasteiger partial charge in [0, 0.05) is 29.2 Å². The number of aromatic hydroxyl groups is 1. The minimum absolute atomic E-state index is 0.103. The van der Waals surface area contributed by atoms with E-state index in [1.165, 1.54) is 39.7 Å². The first-order valence-corrected chi connectivity index (χ1v) is 13.5. The van der Waals surface area contributed by atoms with Crippen molar-refractivity contribution in [3.8, 4) is 5.75 Å². The Bertz CT molecular complexity index is 1620. The lowest BCUT2D eigenvalue weighted by atomic mass is 10.0. The van der Waals surface area contributed by atoms with E-state index in [-0.39, 0.29) is 28.2 Å². The Morgan fingerprint density at radius 3 is 2.61 bits per heavy atom. The molecule has 0 unspecified atom stereocenters. The van der Waals surface area contributed by atoms with Crippen LogP contribution in [0.1, 0.15) is 27.8 Å². The van der Waals surface area contributed by atoms with Crippen molar-refractivity contribution in [1.82, 2.24) is 20.6 Å². The van der Waals surface area contributed by atoms with Crippen molar-refractivity contribution in [2.45, 2.75) is 32.1 Å². The van der Waals surface area contributed by atoms with E-state index in [4.69, 9.17) is 0 Å². The molecule has 0 aliphatic rings. The summed E-state index contributed by atoms with van der Waals surface area (Å²) in [6.45, 7) is 4.20. The number of rotatable bonds is 11. The predicted octanol–water partition coefficient (Wildman–Crippen LogP) is 3.39. The van der Waals surface area contributed by atoms with E-state index in [2.05, 4.69) is 70.1 Å². The molecule has 0 spiro atoms. The van der Waals surface area contributed by atoms with Crippen LogP contribution >= 0.6 is 11.3 Å². The topological polar surface area (TPSA) is 133 Å². The van der Waals surface area contributed by atoms with Crippen molar-refractivity contribution in [3.05, 3.63) is 98.3 Å².